The summed E-state index contributed by atoms with van der Waals surface area (Å²) in [6.45, 7) is 5.64. The van der Waals surface area contributed by atoms with Crippen LogP contribution in [-0.4, -0.2) is 49.0 Å². The monoisotopic (exact) mass is 490 g/mol. The normalized spacial score (nSPS) is 12.0. The van der Waals surface area contributed by atoms with E-state index in [9.17, 15) is 23.8 Å². The van der Waals surface area contributed by atoms with E-state index in [0.29, 0.717) is 5.56 Å². The third kappa shape index (κ3) is 8.67. The molecule has 34 heavy (non-hydrogen) atoms. The van der Waals surface area contributed by atoms with Gasteiger partial charge in [0.2, 0.25) is 0 Å². The van der Waals surface area contributed by atoms with Crippen molar-refractivity contribution in [2.24, 2.45) is 0 Å². The fourth-order valence-electron chi connectivity index (χ4n) is 2.47. The second-order valence-electron chi connectivity index (χ2n) is 6.34. The molecule has 0 saturated heterocycles. The average Bonchev–Trinajstić information content (AvgIpc) is 2.84. The first-order valence-corrected chi connectivity index (χ1v) is 11.4. The first-order valence-electron chi connectivity index (χ1n) is 9.87. The van der Waals surface area contributed by atoms with Crippen LogP contribution in [0.25, 0.3) is 0 Å². The molecule has 0 bridgehead atoms. The van der Waals surface area contributed by atoms with E-state index in [1.165, 1.54) is 18.2 Å². The highest BCUT2D eigenvalue weighted by molar-refractivity contribution is 7.47. The van der Waals surface area contributed by atoms with E-state index in [4.69, 9.17) is 18.5 Å². The smallest absolute Gasteiger partial charge is 0.490 e. The minimum Gasteiger partial charge on any atom is -0.490 e. The van der Waals surface area contributed by atoms with Gasteiger partial charge in [-0.1, -0.05) is 43.5 Å². The summed E-state index contributed by atoms with van der Waals surface area (Å²) < 4.78 is 37.3. The standard InChI is InChI=1S/C23H23O10P/c1-3-21(24)30-13-12-29-18-10-11-19(23(26)17-8-6-5-7-9-17)20(16-18)33-34(27,28)32-15-14-31-22(25)4-2/h3-11,16H,1-2,12-15H2,(H,27,28). The van der Waals surface area contributed by atoms with Gasteiger partial charge in [0.25, 0.3) is 0 Å². The molecule has 1 atom stereocenters. The van der Waals surface area contributed by atoms with Crippen molar-refractivity contribution >= 4 is 25.5 Å². The lowest BCUT2D eigenvalue weighted by molar-refractivity contribution is -0.139. The number of ketones is 1. The molecule has 10 nitrogen and oxygen atoms in total. The Balaban J connectivity index is 2.18. The molecule has 0 spiro atoms. The van der Waals surface area contributed by atoms with Crippen LogP contribution in [0.5, 0.6) is 11.5 Å². The van der Waals surface area contributed by atoms with Gasteiger partial charge in [-0.25, -0.2) is 14.2 Å². The number of phosphoric ester groups is 1. The lowest BCUT2D eigenvalue weighted by atomic mass is 10.0. The molecule has 0 amide bonds. The predicted molar refractivity (Wildman–Crippen MR) is 121 cm³/mol. The molecule has 11 heteroatoms. The molecule has 0 heterocycles. The molecule has 1 N–H and O–H groups in total. The average molecular weight is 490 g/mol. The van der Waals surface area contributed by atoms with E-state index in [1.807, 2.05) is 0 Å². The second kappa shape index (κ2) is 13.1. The van der Waals surface area contributed by atoms with E-state index in [2.05, 4.69) is 17.9 Å². The Bertz CT molecular complexity index is 1080. The SMILES string of the molecule is C=CC(=O)OCCOc1ccc(C(=O)c2ccccc2)c(OP(=O)(O)OCCOC(=O)C=C)c1. The molecule has 180 valence electrons. The Hall–Kier alpha value is -3.72. The number of hydrogen-bond acceptors (Lipinski definition) is 9. The summed E-state index contributed by atoms with van der Waals surface area (Å²) in [4.78, 5) is 45.2. The fourth-order valence-corrected chi connectivity index (χ4v) is 3.22. The van der Waals surface area contributed by atoms with Crippen LogP contribution in [0.15, 0.2) is 73.8 Å². The number of phosphoric acid groups is 1. The van der Waals surface area contributed by atoms with Crippen LogP contribution in [0, 0.1) is 0 Å². The quantitative estimate of drug-likeness (QED) is 0.138. The molecule has 0 fully saturated rings. The van der Waals surface area contributed by atoms with E-state index in [1.54, 1.807) is 30.3 Å². The number of carbonyl (C=O) groups is 3. The molecule has 0 aromatic heterocycles. The van der Waals surface area contributed by atoms with Crippen LogP contribution < -0.4 is 9.26 Å². The summed E-state index contributed by atoms with van der Waals surface area (Å²) in [6, 6.07) is 12.3. The van der Waals surface area contributed by atoms with Crippen LogP contribution in [0.3, 0.4) is 0 Å². The third-order valence-corrected chi connectivity index (χ3v) is 4.90. The van der Waals surface area contributed by atoms with Crippen molar-refractivity contribution < 1.29 is 47.1 Å². The summed E-state index contributed by atoms with van der Waals surface area (Å²) in [5.41, 5.74) is 0.301. The third-order valence-electron chi connectivity index (χ3n) is 3.96. The number of esters is 2. The molecule has 0 radical (unpaired) electrons. The van der Waals surface area contributed by atoms with Gasteiger partial charge in [-0.05, 0) is 12.1 Å². The van der Waals surface area contributed by atoms with E-state index in [-0.39, 0.29) is 36.9 Å². The van der Waals surface area contributed by atoms with Crippen molar-refractivity contribution in [1.82, 2.24) is 0 Å². The Morgan fingerprint density at radius 1 is 0.882 bits per heavy atom. The number of carbonyl (C=O) groups excluding carboxylic acids is 3. The Morgan fingerprint density at radius 2 is 1.50 bits per heavy atom. The molecule has 0 aliphatic rings. The minimum atomic E-state index is -4.72. The maximum absolute atomic E-state index is 12.9. The molecule has 0 aliphatic carbocycles. The summed E-state index contributed by atoms with van der Waals surface area (Å²) in [5, 5.41) is 0. The number of benzene rings is 2. The van der Waals surface area contributed by atoms with Gasteiger partial charge in [-0.2, -0.15) is 0 Å². The van der Waals surface area contributed by atoms with Gasteiger partial charge in [-0.15, -0.1) is 0 Å². The van der Waals surface area contributed by atoms with Gasteiger partial charge in [0, 0.05) is 23.8 Å². The summed E-state index contributed by atoms with van der Waals surface area (Å²) >= 11 is 0. The van der Waals surface area contributed by atoms with Crippen molar-refractivity contribution in [2.75, 3.05) is 26.4 Å². The zero-order chi connectivity index (χ0) is 25.0. The lowest BCUT2D eigenvalue weighted by Crippen LogP contribution is -2.11. The van der Waals surface area contributed by atoms with Crippen molar-refractivity contribution in [3.05, 3.63) is 85.0 Å². The van der Waals surface area contributed by atoms with Crippen LogP contribution in [-0.2, 0) is 28.2 Å². The van der Waals surface area contributed by atoms with Gasteiger partial charge in [0.15, 0.2) is 5.78 Å². The molecule has 1 unspecified atom stereocenters. The highest BCUT2D eigenvalue weighted by Crippen LogP contribution is 2.45. The zero-order valence-electron chi connectivity index (χ0n) is 18.1. The summed E-state index contributed by atoms with van der Waals surface area (Å²) in [6.07, 6.45) is 1.94. The highest BCUT2D eigenvalue weighted by atomic mass is 31.2. The summed E-state index contributed by atoms with van der Waals surface area (Å²) in [7, 11) is -4.72. The van der Waals surface area contributed by atoms with Gasteiger partial charge in [0.1, 0.15) is 31.3 Å². The van der Waals surface area contributed by atoms with Crippen molar-refractivity contribution in [3.8, 4) is 11.5 Å². The maximum Gasteiger partial charge on any atom is 0.527 e. The largest absolute Gasteiger partial charge is 0.527 e. The Labute approximate surface area is 196 Å². The molecular weight excluding hydrogens is 467 g/mol. The van der Waals surface area contributed by atoms with Gasteiger partial charge in [-0.3, -0.25) is 14.2 Å². The first kappa shape index (κ1) is 26.5. The topological polar surface area (TPSA) is 135 Å². The van der Waals surface area contributed by atoms with E-state index >= 15 is 0 Å². The second-order valence-corrected chi connectivity index (χ2v) is 7.72. The van der Waals surface area contributed by atoms with Crippen molar-refractivity contribution in [3.63, 3.8) is 0 Å². The number of hydrogen-bond donors (Lipinski definition) is 1. The summed E-state index contributed by atoms with van der Waals surface area (Å²) in [5.74, 6) is -1.91. The Morgan fingerprint density at radius 3 is 2.12 bits per heavy atom. The van der Waals surface area contributed by atoms with Gasteiger partial charge in [0.05, 0.1) is 12.2 Å². The molecule has 2 aromatic carbocycles. The van der Waals surface area contributed by atoms with Gasteiger partial charge >= 0.3 is 19.8 Å². The Kier molecular flexibility index (Phi) is 10.2. The molecule has 2 aromatic rings. The van der Waals surface area contributed by atoms with E-state index < -0.39 is 32.2 Å². The van der Waals surface area contributed by atoms with Crippen molar-refractivity contribution in [2.45, 2.75) is 0 Å². The first-order chi connectivity index (χ1) is 16.3. The van der Waals surface area contributed by atoms with E-state index in [0.717, 1.165) is 12.2 Å². The molecule has 0 aliphatic heterocycles. The van der Waals surface area contributed by atoms with Crippen LogP contribution >= 0.6 is 7.82 Å². The number of rotatable bonds is 14. The predicted octanol–water partition coefficient (Wildman–Crippen LogP) is 3.25. The maximum atomic E-state index is 12.9. The molecule has 0 saturated carbocycles. The van der Waals surface area contributed by atoms with Crippen LogP contribution in [0.2, 0.25) is 0 Å². The zero-order valence-corrected chi connectivity index (χ0v) is 19.0. The highest BCUT2D eigenvalue weighted by Gasteiger charge is 2.27. The minimum absolute atomic E-state index is 0.0207. The van der Waals surface area contributed by atoms with Crippen molar-refractivity contribution in [1.29, 1.82) is 0 Å². The molecular formula is C23H23O10P. The lowest BCUT2D eigenvalue weighted by Gasteiger charge is -2.17. The van der Waals surface area contributed by atoms with Gasteiger partial charge < -0.3 is 18.7 Å². The number of ether oxygens (including phenoxy) is 3. The van der Waals surface area contributed by atoms with Crippen LogP contribution in [0.1, 0.15) is 15.9 Å². The fraction of sp³-hybridized carbons (Fsp3) is 0.174. The molecule has 2 rings (SSSR count). The van der Waals surface area contributed by atoms with Crippen LogP contribution in [0.4, 0.5) is 0 Å².